The van der Waals surface area contributed by atoms with Gasteiger partial charge in [-0.15, -0.1) is 11.3 Å². The summed E-state index contributed by atoms with van der Waals surface area (Å²) in [7, 11) is 0. The van der Waals surface area contributed by atoms with Gasteiger partial charge in [-0.05, 0) is 35.6 Å². The molecule has 1 aromatic heterocycles. The van der Waals surface area contributed by atoms with Crippen molar-refractivity contribution in [2.75, 3.05) is 18.4 Å². The molecule has 0 aliphatic carbocycles. The van der Waals surface area contributed by atoms with E-state index in [0.717, 1.165) is 37.7 Å². The minimum absolute atomic E-state index is 0.117. The molecular weight excluding hydrogens is 294 g/mol. The summed E-state index contributed by atoms with van der Waals surface area (Å²) in [6.45, 7) is 1.69. The number of nitrogens with zero attached hydrogens (tertiary/aromatic N) is 1. The van der Waals surface area contributed by atoms with E-state index in [2.05, 4.69) is 16.8 Å². The second-order valence-corrected chi connectivity index (χ2v) is 6.00. The lowest BCUT2D eigenvalue weighted by Gasteiger charge is -2.26. The lowest BCUT2D eigenvalue weighted by Crippen LogP contribution is -2.36. The molecule has 1 aliphatic rings. The van der Waals surface area contributed by atoms with Gasteiger partial charge in [0.25, 0.3) is 0 Å². The molecule has 1 amide bonds. The minimum atomic E-state index is -0.636. The Balaban J connectivity index is 1.61. The van der Waals surface area contributed by atoms with Crippen LogP contribution in [0.5, 0.6) is 0 Å². The number of amides is 1. The second-order valence-electron chi connectivity index (χ2n) is 5.00. The zero-order valence-electron chi connectivity index (χ0n) is 11.2. The average Bonchev–Trinajstić information content (AvgIpc) is 2.90. The first-order valence-corrected chi connectivity index (χ1v) is 7.52. The van der Waals surface area contributed by atoms with Gasteiger partial charge in [-0.2, -0.15) is 0 Å². The van der Waals surface area contributed by atoms with E-state index < -0.39 is 11.6 Å². The Bertz CT molecular complexity index is 671. The summed E-state index contributed by atoms with van der Waals surface area (Å²) in [5.74, 6) is -1.55. The van der Waals surface area contributed by atoms with Crippen LogP contribution in [0.4, 0.5) is 14.5 Å². The predicted octanol–water partition coefficient (Wildman–Crippen LogP) is 3.02. The molecule has 21 heavy (non-hydrogen) atoms. The van der Waals surface area contributed by atoms with Gasteiger partial charge in [0.2, 0.25) is 5.91 Å². The van der Waals surface area contributed by atoms with Crippen molar-refractivity contribution in [2.24, 2.45) is 0 Å². The molecule has 0 bridgehead atoms. The number of hydrogen-bond acceptors (Lipinski definition) is 3. The van der Waals surface area contributed by atoms with Gasteiger partial charge >= 0.3 is 0 Å². The Labute approximate surface area is 125 Å². The van der Waals surface area contributed by atoms with Gasteiger partial charge in [-0.25, -0.2) is 8.78 Å². The standard InChI is InChI=1S/C15H14F2N2OS/c16-11-1-2-12(17)13(7-11)18-15(20)9-19-5-3-14-10(8-19)4-6-21-14/h1-2,4,6-7H,3,5,8-9H2,(H,18,20). The van der Waals surface area contributed by atoms with E-state index in [-0.39, 0.29) is 18.1 Å². The Hall–Kier alpha value is -1.79. The zero-order chi connectivity index (χ0) is 14.8. The summed E-state index contributed by atoms with van der Waals surface area (Å²) in [5.41, 5.74) is 1.13. The molecule has 1 N–H and O–H groups in total. The highest BCUT2D eigenvalue weighted by atomic mass is 32.1. The highest BCUT2D eigenvalue weighted by molar-refractivity contribution is 7.10. The SMILES string of the molecule is O=C(CN1CCc2sccc2C1)Nc1cc(F)ccc1F. The summed E-state index contributed by atoms with van der Waals surface area (Å²) < 4.78 is 26.5. The fourth-order valence-corrected chi connectivity index (χ4v) is 3.32. The van der Waals surface area contributed by atoms with Crippen LogP contribution in [-0.4, -0.2) is 23.9 Å². The van der Waals surface area contributed by atoms with Gasteiger partial charge in [0.05, 0.1) is 12.2 Å². The van der Waals surface area contributed by atoms with Crippen molar-refractivity contribution in [3.8, 4) is 0 Å². The second kappa shape index (κ2) is 5.91. The van der Waals surface area contributed by atoms with Crippen LogP contribution in [0.2, 0.25) is 0 Å². The van der Waals surface area contributed by atoms with E-state index in [1.54, 1.807) is 11.3 Å². The highest BCUT2D eigenvalue weighted by Crippen LogP contribution is 2.24. The number of fused-ring (bicyclic) bond motifs is 1. The predicted molar refractivity (Wildman–Crippen MR) is 78.3 cm³/mol. The number of nitrogens with one attached hydrogen (secondary N) is 1. The van der Waals surface area contributed by atoms with E-state index in [9.17, 15) is 13.6 Å². The maximum Gasteiger partial charge on any atom is 0.238 e. The summed E-state index contributed by atoms with van der Waals surface area (Å²) >= 11 is 1.73. The molecule has 0 saturated carbocycles. The maximum atomic E-state index is 13.5. The molecule has 0 radical (unpaired) electrons. The summed E-state index contributed by atoms with van der Waals surface area (Å²) in [4.78, 5) is 15.3. The van der Waals surface area contributed by atoms with Crippen LogP contribution < -0.4 is 5.32 Å². The van der Waals surface area contributed by atoms with Gasteiger partial charge < -0.3 is 5.32 Å². The monoisotopic (exact) mass is 308 g/mol. The van der Waals surface area contributed by atoms with E-state index in [1.165, 1.54) is 10.4 Å². The Kier molecular flexibility index (Phi) is 3.98. The van der Waals surface area contributed by atoms with Crippen LogP contribution in [0.3, 0.4) is 0 Å². The molecule has 0 unspecified atom stereocenters. The number of rotatable bonds is 3. The third-order valence-corrected chi connectivity index (χ3v) is 4.48. The number of hydrogen-bond donors (Lipinski definition) is 1. The van der Waals surface area contributed by atoms with Gasteiger partial charge in [0.15, 0.2) is 0 Å². The molecule has 3 nitrogen and oxygen atoms in total. The van der Waals surface area contributed by atoms with Gasteiger partial charge in [0, 0.05) is 24.0 Å². The summed E-state index contributed by atoms with van der Waals surface area (Å²) in [6.07, 6.45) is 0.925. The normalized spacial score (nSPS) is 14.8. The molecule has 0 spiro atoms. The Morgan fingerprint density at radius 3 is 3.05 bits per heavy atom. The minimum Gasteiger partial charge on any atom is -0.322 e. The Morgan fingerprint density at radius 1 is 1.33 bits per heavy atom. The quantitative estimate of drug-likeness (QED) is 0.945. The van der Waals surface area contributed by atoms with Crippen molar-refractivity contribution in [1.82, 2.24) is 4.90 Å². The average molecular weight is 308 g/mol. The fraction of sp³-hybridized carbons (Fsp3) is 0.267. The lowest BCUT2D eigenvalue weighted by molar-refractivity contribution is -0.117. The van der Waals surface area contributed by atoms with Crippen LogP contribution in [0.15, 0.2) is 29.6 Å². The van der Waals surface area contributed by atoms with E-state index in [1.807, 2.05) is 4.90 Å². The van der Waals surface area contributed by atoms with Crippen LogP contribution in [0, 0.1) is 11.6 Å². The van der Waals surface area contributed by atoms with Gasteiger partial charge in [-0.1, -0.05) is 0 Å². The third-order valence-electron chi connectivity index (χ3n) is 3.46. The zero-order valence-corrected chi connectivity index (χ0v) is 12.1. The van der Waals surface area contributed by atoms with Crippen LogP contribution in [0.25, 0.3) is 0 Å². The maximum absolute atomic E-state index is 13.5. The molecule has 6 heteroatoms. The first-order valence-electron chi connectivity index (χ1n) is 6.64. The van der Waals surface area contributed by atoms with Crippen molar-refractivity contribution in [3.63, 3.8) is 0 Å². The van der Waals surface area contributed by atoms with Crippen LogP contribution in [0.1, 0.15) is 10.4 Å². The van der Waals surface area contributed by atoms with Crippen molar-refractivity contribution in [3.05, 3.63) is 51.7 Å². The van der Waals surface area contributed by atoms with E-state index in [4.69, 9.17) is 0 Å². The molecule has 1 aromatic carbocycles. The molecule has 110 valence electrons. The van der Waals surface area contributed by atoms with Gasteiger partial charge in [0.1, 0.15) is 11.6 Å². The topological polar surface area (TPSA) is 32.3 Å². The van der Waals surface area contributed by atoms with Crippen molar-refractivity contribution in [2.45, 2.75) is 13.0 Å². The first-order chi connectivity index (χ1) is 10.1. The highest BCUT2D eigenvalue weighted by Gasteiger charge is 2.19. The van der Waals surface area contributed by atoms with E-state index in [0.29, 0.717) is 0 Å². The molecule has 2 heterocycles. The Morgan fingerprint density at radius 2 is 2.19 bits per heavy atom. The molecule has 0 atom stereocenters. The first kappa shape index (κ1) is 14.2. The largest absolute Gasteiger partial charge is 0.322 e. The van der Waals surface area contributed by atoms with Crippen LogP contribution in [-0.2, 0) is 17.8 Å². The smallest absolute Gasteiger partial charge is 0.238 e. The van der Waals surface area contributed by atoms with Crippen molar-refractivity contribution in [1.29, 1.82) is 0 Å². The summed E-state index contributed by atoms with van der Waals surface area (Å²) in [6, 6.07) is 5.08. The molecule has 1 aliphatic heterocycles. The number of benzene rings is 1. The number of thiophene rings is 1. The number of anilines is 1. The number of halogens is 2. The molecule has 2 aromatic rings. The van der Waals surface area contributed by atoms with E-state index >= 15 is 0 Å². The molecule has 3 rings (SSSR count). The van der Waals surface area contributed by atoms with Gasteiger partial charge in [-0.3, -0.25) is 9.69 Å². The summed E-state index contributed by atoms with van der Waals surface area (Å²) in [5, 5.41) is 4.48. The number of carbonyl (C=O) groups is 1. The van der Waals surface area contributed by atoms with Crippen LogP contribution >= 0.6 is 11.3 Å². The lowest BCUT2D eigenvalue weighted by atomic mass is 10.1. The third kappa shape index (κ3) is 3.28. The van der Waals surface area contributed by atoms with Crippen molar-refractivity contribution < 1.29 is 13.6 Å². The van der Waals surface area contributed by atoms with Crippen molar-refractivity contribution >= 4 is 22.9 Å². The number of carbonyl (C=O) groups excluding carboxylic acids is 1. The molecule has 0 fully saturated rings. The molecular formula is C15H14F2N2OS. The fourth-order valence-electron chi connectivity index (χ4n) is 2.43. The molecule has 0 saturated heterocycles.